The van der Waals surface area contributed by atoms with Gasteiger partial charge in [-0.05, 0) is 50.2 Å². The average Bonchev–Trinajstić information content (AvgIpc) is 3.68. The third-order valence-electron chi connectivity index (χ3n) is 8.90. The number of hydrogen-bond donors (Lipinski definition) is 0. The fourth-order valence-corrected chi connectivity index (χ4v) is 7.54. The van der Waals surface area contributed by atoms with E-state index in [0.717, 1.165) is 12.1 Å². The molecule has 0 bridgehead atoms. The van der Waals surface area contributed by atoms with Gasteiger partial charge in [-0.3, -0.25) is 0 Å². The number of rotatable bonds is 8. The van der Waals surface area contributed by atoms with Gasteiger partial charge in [0.25, 0.3) is 0 Å². The molecule has 0 saturated heterocycles. The third kappa shape index (κ3) is 11.5. The normalized spacial score (nSPS) is 11.3. The minimum Gasteiger partial charge on any atom is -0.871 e. The van der Waals surface area contributed by atoms with Crippen molar-refractivity contribution < 1.29 is 152 Å². The van der Waals surface area contributed by atoms with Crippen LogP contribution in [0.3, 0.4) is 0 Å². The molecule has 0 aliphatic heterocycles. The van der Waals surface area contributed by atoms with Crippen molar-refractivity contribution in [2.24, 2.45) is 20.5 Å². The van der Waals surface area contributed by atoms with Crippen LogP contribution in [0.15, 0.2) is 152 Å². The fourth-order valence-electron chi connectivity index (χ4n) is 6.14. The number of nitrogens with zero attached hydrogens (tertiary/aromatic N) is 8. The van der Waals surface area contributed by atoms with Crippen LogP contribution in [0, 0.1) is 13.8 Å². The van der Waals surface area contributed by atoms with E-state index in [0.29, 0.717) is 22.8 Å². The van der Waals surface area contributed by atoms with Crippen LogP contribution in [0.5, 0.6) is 23.3 Å². The van der Waals surface area contributed by atoms with Gasteiger partial charge in [0.15, 0.2) is 0 Å². The molecule has 0 fully saturated rings. The Labute approximate surface area is 442 Å². The van der Waals surface area contributed by atoms with E-state index in [1.807, 2.05) is 0 Å². The molecule has 307 valence electrons. The first-order valence-electron chi connectivity index (χ1n) is 17.4. The minimum absolute atomic E-state index is 0. The van der Waals surface area contributed by atoms with E-state index in [2.05, 4.69) is 30.7 Å². The molecule has 24 heteroatoms. The molecule has 0 N–H and O–H groups in total. The van der Waals surface area contributed by atoms with Crippen LogP contribution in [0.2, 0.25) is 0 Å². The Morgan fingerprint density at radius 1 is 0.453 bits per heavy atom. The second-order valence-corrected chi connectivity index (χ2v) is 15.5. The maximum atomic E-state index is 12.7. The van der Waals surface area contributed by atoms with E-state index < -0.39 is 53.3 Å². The summed E-state index contributed by atoms with van der Waals surface area (Å²) in [5.74, 6) is -2.63. The summed E-state index contributed by atoms with van der Waals surface area (Å²) in [7, 11) is -9.72. The van der Waals surface area contributed by atoms with Crippen molar-refractivity contribution >= 4 is 64.5 Å². The summed E-state index contributed by atoms with van der Waals surface area (Å²) in [5, 5.41) is 74.7. The molecule has 64 heavy (non-hydrogen) atoms. The number of hydrogen-bond acceptors (Lipinski definition) is 16. The fraction of sp³-hybridized carbons (Fsp3) is 0.0500. The van der Waals surface area contributed by atoms with Gasteiger partial charge in [0.05, 0.1) is 43.9 Å². The summed E-state index contributed by atoms with van der Waals surface area (Å²) < 4.78 is 71.4. The molecule has 0 saturated carbocycles. The van der Waals surface area contributed by atoms with Gasteiger partial charge in [-0.1, -0.05) is 96.4 Å². The summed E-state index contributed by atoms with van der Waals surface area (Å²) in [6.45, 7) is 3.16. The predicted molar refractivity (Wildman–Crippen MR) is 207 cm³/mol. The maximum Gasteiger partial charge on any atom is 3.00 e. The van der Waals surface area contributed by atoms with Gasteiger partial charge in [-0.15, -0.1) is 10.2 Å². The first-order chi connectivity index (χ1) is 28.5. The van der Waals surface area contributed by atoms with Crippen LogP contribution < -0.4 is 109 Å². The van der Waals surface area contributed by atoms with Gasteiger partial charge in [0.1, 0.15) is 31.6 Å². The van der Waals surface area contributed by atoms with E-state index in [9.17, 15) is 46.4 Å². The van der Waals surface area contributed by atoms with Gasteiger partial charge in [-0.2, -0.15) is 20.4 Å². The van der Waals surface area contributed by atoms with E-state index in [1.165, 1.54) is 45.8 Å². The zero-order chi connectivity index (χ0) is 42.9. The molecular weight excluding hydrogens is 938 g/mol. The molecule has 0 unspecified atom stereocenters. The van der Waals surface area contributed by atoms with Crippen LogP contribution in [-0.4, -0.2) is 45.5 Å². The second kappa shape index (κ2) is 22.5. The Balaban J connectivity index is 0.000000320. The molecule has 8 aromatic rings. The number of aryl methyl sites for hydroxylation is 2. The molecule has 0 spiro atoms. The van der Waals surface area contributed by atoms with E-state index in [-0.39, 0.29) is 150 Å². The molecule has 0 amide bonds. The second-order valence-electron chi connectivity index (χ2n) is 12.8. The van der Waals surface area contributed by atoms with Crippen LogP contribution >= 0.6 is 0 Å². The third-order valence-corrected chi connectivity index (χ3v) is 10.7. The average molecular weight is 964 g/mol. The molecule has 1 radical (unpaired) electrons. The quantitative estimate of drug-likeness (QED) is 0.0819. The smallest absolute Gasteiger partial charge is 0.871 e. The Kier molecular flexibility index (Phi) is 19.1. The van der Waals surface area contributed by atoms with Crippen LogP contribution in [0.4, 0.5) is 22.7 Å². The molecule has 0 atom stereocenters. The van der Waals surface area contributed by atoms with E-state index in [1.54, 1.807) is 86.6 Å². The topological polar surface area (TPSA) is 292 Å². The van der Waals surface area contributed by atoms with Crippen LogP contribution in [0.25, 0.3) is 32.9 Å². The zero-order valence-corrected chi connectivity index (χ0v) is 43.3. The number of aromatic nitrogens is 4. The largest absolute Gasteiger partial charge is 3.00 e. The molecule has 0 aliphatic rings. The van der Waals surface area contributed by atoms with Crippen molar-refractivity contribution in [1.82, 2.24) is 19.6 Å². The molecule has 18 nitrogen and oxygen atoms in total. The van der Waals surface area contributed by atoms with Crippen LogP contribution in [-0.2, 0) is 37.6 Å². The first kappa shape index (κ1) is 54.3. The summed E-state index contributed by atoms with van der Waals surface area (Å²) in [6.07, 6.45) is 0. The van der Waals surface area contributed by atoms with Crippen LogP contribution in [0.1, 0.15) is 11.4 Å². The van der Waals surface area contributed by atoms with Crippen molar-refractivity contribution in [3.63, 3.8) is 0 Å². The summed E-state index contributed by atoms with van der Waals surface area (Å²) >= 11 is 0. The van der Waals surface area contributed by atoms with Gasteiger partial charge < -0.3 is 29.5 Å². The van der Waals surface area contributed by atoms with Crippen molar-refractivity contribution in [2.75, 3.05) is 0 Å². The summed E-state index contributed by atoms with van der Waals surface area (Å²) in [6, 6.07) is 30.8. The summed E-state index contributed by atoms with van der Waals surface area (Å²) in [4.78, 5) is -1.25. The number of para-hydroxylation sites is 2. The molecular formula is C40H26CrN8Na3O10S2. The Morgan fingerprint density at radius 2 is 0.734 bits per heavy atom. The van der Waals surface area contributed by atoms with Crippen molar-refractivity contribution in [2.45, 2.75) is 23.6 Å². The first-order valence-corrected chi connectivity index (χ1v) is 20.2. The molecule has 0 aliphatic carbocycles. The SMILES string of the molecule is Cc1nn(-c2ccccc2)c([O-])c1N=Nc1c([O-])cc(S(=O)(=O)[O-])c2ccccc12.Cc1nn(-c2ccccc2)c([O-])c1N=Nc1c([O-])cc(S(=O)(=O)[O-])c2ccccc12.[Cr+3].[Na+].[Na+].[Na+]. The standard InChI is InChI=1S/2C20H16N4O5S.Cr.3Na/c2*1-12-18(20(26)24(23-12)13-7-3-2-4-8-13)21-22-19-15-10-6-5-9-14(15)17(11-16(19)25)30(27,28)29;;;;/h2*2-11,25-26H,1H3,(H,27,28,29);;;;/q;;+3;3*+1/p-6. The van der Waals surface area contributed by atoms with Crippen molar-refractivity contribution in [3.8, 4) is 34.6 Å². The van der Waals surface area contributed by atoms with Gasteiger partial charge >= 0.3 is 106 Å². The minimum atomic E-state index is -4.86. The molecule has 2 aromatic heterocycles. The van der Waals surface area contributed by atoms with Gasteiger partial charge in [0, 0.05) is 33.3 Å². The van der Waals surface area contributed by atoms with Gasteiger partial charge in [0.2, 0.25) is 0 Å². The van der Waals surface area contributed by atoms with Gasteiger partial charge in [-0.25, -0.2) is 26.2 Å². The number of azo groups is 2. The monoisotopic (exact) mass is 963 g/mol. The Hall–Kier alpha value is -3.99. The molecule has 6 aromatic carbocycles. The number of benzene rings is 6. The zero-order valence-electron chi connectivity index (χ0n) is 34.4. The number of fused-ring (bicyclic) bond motifs is 2. The molecule has 8 rings (SSSR count). The molecule has 2 heterocycles. The van der Waals surface area contributed by atoms with Crippen molar-refractivity contribution in [1.29, 1.82) is 0 Å². The summed E-state index contributed by atoms with van der Waals surface area (Å²) in [5.41, 5.74) is 1.25. The predicted octanol–water partition coefficient (Wildman–Crippen LogP) is -3.39. The van der Waals surface area contributed by atoms with E-state index in [4.69, 9.17) is 0 Å². The Bertz CT molecular complexity index is 3030. The van der Waals surface area contributed by atoms with E-state index >= 15 is 0 Å². The maximum absolute atomic E-state index is 12.7. The Morgan fingerprint density at radius 3 is 1.05 bits per heavy atom. The van der Waals surface area contributed by atoms with Crippen molar-refractivity contribution in [3.05, 3.63) is 133 Å².